The number of carbonyl (C=O) groups excluding carboxylic acids is 2. The van der Waals surface area contributed by atoms with E-state index >= 15 is 0 Å². The van der Waals surface area contributed by atoms with Gasteiger partial charge in [0.05, 0.1) is 12.5 Å². The average molecular weight is 334 g/mol. The predicted molar refractivity (Wildman–Crippen MR) is 74.7 cm³/mol. The van der Waals surface area contributed by atoms with Crippen LogP contribution in [-0.2, 0) is 9.53 Å². The molecule has 2 heterocycles. The Bertz CT molecular complexity index is 582. The van der Waals surface area contributed by atoms with Gasteiger partial charge in [0.25, 0.3) is 6.43 Å². The van der Waals surface area contributed by atoms with Gasteiger partial charge in [-0.1, -0.05) is 18.3 Å². The molecule has 1 aliphatic heterocycles. The smallest absolute Gasteiger partial charge is 0.323 e. The first-order valence-electron chi connectivity index (χ1n) is 6.54. The lowest BCUT2D eigenvalue weighted by Crippen LogP contribution is -2.38. The first kappa shape index (κ1) is 16.5. The number of aromatic nitrogens is 2. The van der Waals surface area contributed by atoms with Crippen LogP contribution in [0.5, 0.6) is 0 Å². The highest BCUT2D eigenvalue weighted by atomic mass is 32.1. The highest BCUT2D eigenvalue weighted by Crippen LogP contribution is 2.37. The quantitative estimate of drug-likeness (QED) is 0.856. The Morgan fingerprint density at radius 3 is 2.73 bits per heavy atom. The van der Waals surface area contributed by atoms with E-state index in [-0.39, 0.29) is 23.6 Å². The molecule has 1 N–H and O–H groups in total. The fraction of sp³-hybridized carbons (Fsp3) is 0.667. The normalized spacial score (nSPS) is 24.6. The summed E-state index contributed by atoms with van der Waals surface area (Å²) >= 11 is 0.617. The maximum atomic E-state index is 12.4. The number of likely N-dealkylation sites (tertiary alicyclic amines) is 1. The minimum atomic E-state index is -2.72. The molecule has 1 aliphatic rings. The molecule has 2 rings (SSSR count). The molecule has 2 atom stereocenters. The third kappa shape index (κ3) is 3.01. The molecule has 10 heteroatoms. The zero-order valence-electron chi connectivity index (χ0n) is 12.3. The predicted octanol–water partition coefficient (Wildman–Crippen LogP) is 2.14. The van der Waals surface area contributed by atoms with E-state index in [1.54, 1.807) is 6.92 Å². The van der Waals surface area contributed by atoms with Crippen molar-refractivity contribution in [1.29, 1.82) is 0 Å². The third-order valence-corrected chi connectivity index (χ3v) is 4.73. The topological polar surface area (TPSA) is 84.4 Å². The van der Waals surface area contributed by atoms with Gasteiger partial charge in [-0.15, -0.1) is 10.2 Å². The van der Waals surface area contributed by atoms with Gasteiger partial charge in [-0.3, -0.25) is 10.1 Å². The average Bonchev–Trinajstić information content (AvgIpc) is 3.04. The number of anilines is 1. The Hall–Kier alpha value is -1.84. The first-order chi connectivity index (χ1) is 10.3. The molecule has 0 aliphatic carbocycles. The molecule has 0 aromatic carbocycles. The van der Waals surface area contributed by atoms with E-state index in [0.29, 0.717) is 17.9 Å². The Balaban J connectivity index is 2.03. The van der Waals surface area contributed by atoms with Gasteiger partial charge in [0.1, 0.15) is 0 Å². The van der Waals surface area contributed by atoms with Crippen LogP contribution in [0.4, 0.5) is 18.7 Å². The van der Waals surface area contributed by atoms with Crippen LogP contribution < -0.4 is 5.32 Å². The highest BCUT2D eigenvalue weighted by Gasteiger charge is 2.48. The molecular formula is C12H16F2N4O3S. The van der Waals surface area contributed by atoms with Crippen LogP contribution >= 0.6 is 11.3 Å². The molecule has 1 aromatic heterocycles. The van der Waals surface area contributed by atoms with Gasteiger partial charge in [-0.25, -0.2) is 13.6 Å². The van der Waals surface area contributed by atoms with Gasteiger partial charge in [-0.2, -0.15) is 0 Å². The summed E-state index contributed by atoms with van der Waals surface area (Å²) in [6.45, 7) is 4.13. The Labute approximate surface area is 129 Å². The fourth-order valence-corrected chi connectivity index (χ4v) is 2.94. The first-order valence-corrected chi connectivity index (χ1v) is 7.35. The van der Waals surface area contributed by atoms with E-state index in [2.05, 4.69) is 15.5 Å². The van der Waals surface area contributed by atoms with Crippen LogP contribution in [0.2, 0.25) is 0 Å². The molecule has 0 saturated carbocycles. The van der Waals surface area contributed by atoms with Crippen LogP contribution in [0.25, 0.3) is 0 Å². The number of alkyl halides is 2. The lowest BCUT2D eigenvalue weighted by atomic mass is 9.81. The molecule has 2 amide bonds. The van der Waals surface area contributed by atoms with E-state index < -0.39 is 22.9 Å². The number of carbonyl (C=O) groups is 2. The lowest BCUT2D eigenvalue weighted by Gasteiger charge is -2.24. The van der Waals surface area contributed by atoms with Crippen molar-refractivity contribution in [2.45, 2.75) is 20.3 Å². The molecule has 0 radical (unpaired) electrons. The van der Waals surface area contributed by atoms with Gasteiger partial charge < -0.3 is 9.64 Å². The van der Waals surface area contributed by atoms with E-state index in [1.165, 1.54) is 12.0 Å². The maximum absolute atomic E-state index is 12.4. The summed E-state index contributed by atoms with van der Waals surface area (Å²) in [4.78, 5) is 25.5. The number of halogens is 2. The standard InChI is InChI=1S/C12H16F2N4O3S/c1-6-4-18(5-12(6,2)9(19)21-3)11(20)15-10-17-16-8(22-10)7(13)14/h6-7H,4-5H2,1-3H3,(H,15,17,20)/t6-,12-/m1/s1. The number of urea groups is 1. The second-order valence-corrected chi connectivity index (χ2v) is 6.38. The number of rotatable bonds is 3. The molecule has 22 heavy (non-hydrogen) atoms. The zero-order chi connectivity index (χ0) is 16.5. The van der Waals surface area contributed by atoms with E-state index in [4.69, 9.17) is 4.74 Å². The lowest BCUT2D eigenvalue weighted by molar-refractivity contribution is -0.152. The minimum Gasteiger partial charge on any atom is -0.469 e. The van der Waals surface area contributed by atoms with Gasteiger partial charge in [-0.05, 0) is 12.8 Å². The summed E-state index contributed by atoms with van der Waals surface area (Å²) < 4.78 is 29.6. The summed E-state index contributed by atoms with van der Waals surface area (Å²) in [5, 5.41) is 8.75. The van der Waals surface area contributed by atoms with Gasteiger partial charge in [0, 0.05) is 13.1 Å². The third-order valence-electron chi connectivity index (χ3n) is 3.88. The number of methoxy groups -OCH3 is 1. The number of hydrogen-bond donors (Lipinski definition) is 1. The van der Waals surface area contributed by atoms with Crippen molar-refractivity contribution in [1.82, 2.24) is 15.1 Å². The van der Waals surface area contributed by atoms with Gasteiger partial charge in [0.15, 0.2) is 5.01 Å². The Morgan fingerprint density at radius 1 is 1.50 bits per heavy atom. The van der Waals surface area contributed by atoms with Crippen LogP contribution in [0.1, 0.15) is 25.3 Å². The monoisotopic (exact) mass is 334 g/mol. The van der Waals surface area contributed by atoms with Gasteiger partial charge >= 0.3 is 12.0 Å². The van der Waals surface area contributed by atoms with E-state index in [9.17, 15) is 18.4 Å². The Kier molecular flexibility index (Phi) is 4.59. The molecule has 7 nitrogen and oxygen atoms in total. The number of nitrogens with zero attached hydrogens (tertiary/aromatic N) is 3. The number of nitrogens with one attached hydrogen (secondary N) is 1. The number of esters is 1. The summed E-state index contributed by atoms with van der Waals surface area (Å²) in [6, 6.07) is -0.503. The number of hydrogen-bond acceptors (Lipinski definition) is 6. The summed E-state index contributed by atoms with van der Waals surface area (Å²) in [5.74, 6) is -0.469. The largest absolute Gasteiger partial charge is 0.469 e. The van der Waals surface area contributed by atoms with Crippen molar-refractivity contribution in [3.8, 4) is 0 Å². The molecular weight excluding hydrogens is 318 g/mol. The van der Waals surface area contributed by atoms with Crippen LogP contribution in [0.3, 0.4) is 0 Å². The number of amides is 2. The molecule has 0 unspecified atom stereocenters. The number of ether oxygens (including phenoxy) is 1. The van der Waals surface area contributed by atoms with Crippen LogP contribution in [-0.4, -0.2) is 47.3 Å². The summed E-state index contributed by atoms with van der Waals surface area (Å²) in [6.07, 6.45) is -2.72. The van der Waals surface area contributed by atoms with Crippen molar-refractivity contribution in [3.63, 3.8) is 0 Å². The van der Waals surface area contributed by atoms with Crippen LogP contribution in [0.15, 0.2) is 0 Å². The SMILES string of the molecule is COC(=O)[C@]1(C)CN(C(=O)Nc2nnc(C(F)F)s2)C[C@H]1C. The zero-order valence-corrected chi connectivity index (χ0v) is 13.1. The molecule has 1 saturated heterocycles. The van der Waals surface area contributed by atoms with Crippen molar-refractivity contribution in [2.24, 2.45) is 11.3 Å². The molecule has 0 bridgehead atoms. The van der Waals surface area contributed by atoms with Crippen molar-refractivity contribution in [3.05, 3.63) is 5.01 Å². The maximum Gasteiger partial charge on any atom is 0.323 e. The van der Waals surface area contributed by atoms with Crippen molar-refractivity contribution < 1.29 is 23.1 Å². The van der Waals surface area contributed by atoms with E-state index in [1.807, 2.05) is 6.92 Å². The fourth-order valence-electron chi connectivity index (χ4n) is 2.35. The minimum absolute atomic E-state index is 0.000348. The summed E-state index contributed by atoms with van der Waals surface area (Å²) in [7, 11) is 1.30. The Morgan fingerprint density at radius 2 is 2.18 bits per heavy atom. The molecule has 1 aromatic rings. The molecule has 1 fully saturated rings. The van der Waals surface area contributed by atoms with Gasteiger partial charge in [0.2, 0.25) is 5.13 Å². The van der Waals surface area contributed by atoms with Crippen LogP contribution in [0, 0.1) is 11.3 Å². The summed E-state index contributed by atoms with van der Waals surface area (Å²) in [5.41, 5.74) is -0.790. The molecule has 122 valence electrons. The van der Waals surface area contributed by atoms with Crippen molar-refractivity contribution in [2.75, 3.05) is 25.5 Å². The molecule has 0 spiro atoms. The van der Waals surface area contributed by atoms with E-state index in [0.717, 1.165) is 0 Å². The second kappa shape index (κ2) is 6.11. The second-order valence-electron chi connectivity index (χ2n) is 5.37. The van der Waals surface area contributed by atoms with Crippen molar-refractivity contribution >= 4 is 28.5 Å². The highest BCUT2D eigenvalue weighted by molar-refractivity contribution is 7.15.